The first-order valence-corrected chi connectivity index (χ1v) is 11.7. The Morgan fingerprint density at radius 2 is 1.86 bits per heavy atom. The van der Waals surface area contributed by atoms with E-state index < -0.39 is 17.6 Å². The molecule has 0 bridgehead atoms. The van der Waals surface area contributed by atoms with Crippen LogP contribution in [0.3, 0.4) is 0 Å². The van der Waals surface area contributed by atoms with E-state index in [0.717, 1.165) is 43.6 Å². The minimum absolute atomic E-state index is 0.0282. The molecule has 2 aromatic carbocycles. The summed E-state index contributed by atoms with van der Waals surface area (Å²) in [6.07, 6.45) is -1.24. The van der Waals surface area contributed by atoms with Gasteiger partial charge in [0.2, 0.25) is 5.95 Å². The molecule has 6 nitrogen and oxygen atoms in total. The summed E-state index contributed by atoms with van der Waals surface area (Å²) in [5.74, 6) is 0.380. The Balaban J connectivity index is 1.62. The number of carbonyl (C=O) groups is 1. The van der Waals surface area contributed by atoms with Crippen LogP contribution >= 0.6 is 0 Å². The maximum absolute atomic E-state index is 13.5. The number of alkyl halides is 3. The Bertz CT molecular complexity index is 1130. The van der Waals surface area contributed by atoms with Gasteiger partial charge in [-0.1, -0.05) is 36.4 Å². The largest absolute Gasteiger partial charge is 0.416 e. The van der Waals surface area contributed by atoms with E-state index in [0.29, 0.717) is 18.3 Å². The molecule has 0 spiro atoms. The highest BCUT2D eigenvalue weighted by atomic mass is 19.4. The first-order chi connectivity index (χ1) is 16.8. The lowest BCUT2D eigenvalue weighted by molar-refractivity contribution is -0.137. The van der Waals surface area contributed by atoms with Crippen molar-refractivity contribution in [2.45, 2.75) is 32.0 Å². The van der Waals surface area contributed by atoms with Gasteiger partial charge in [0.15, 0.2) is 0 Å². The lowest BCUT2D eigenvalue weighted by atomic mass is 9.97. The fourth-order valence-corrected chi connectivity index (χ4v) is 4.18. The van der Waals surface area contributed by atoms with E-state index >= 15 is 0 Å². The third kappa shape index (κ3) is 6.36. The zero-order chi connectivity index (χ0) is 24.8. The number of carbonyl (C=O) groups excluding carboxylic acids is 1. The number of amides is 1. The van der Waals surface area contributed by atoms with Gasteiger partial charge in [-0.15, -0.1) is 0 Å². The number of hydrogen-bond acceptors (Lipinski definition) is 5. The van der Waals surface area contributed by atoms with Crippen LogP contribution in [-0.2, 0) is 6.18 Å². The molecule has 0 saturated carbocycles. The summed E-state index contributed by atoms with van der Waals surface area (Å²) in [5.41, 5.74) is 0.166. The predicted molar refractivity (Wildman–Crippen MR) is 129 cm³/mol. The summed E-state index contributed by atoms with van der Waals surface area (Å²) in [4.78, 5) is 23.9. The molecule has 1 saturated heterocycles. The van der Waals surface area contributed by atoms with Crippen LogP contribution in [0.15, 0.2) is 66.9 Å². The van der Waals surface area contributed by atoms with Crippen molar-refractivity contribution < 1.29 is 18.0 Å². The molecule has 4 rings (SSSR count). The van der Waals surface area contributed by atoms with Crippen molar-refractivity contribution in [3.8, 4) is 0 Å². The number of hydrogen-bond donors (Lipinski definition) is 2. The second-order valence-electron chi connectivity index (χ2n) is 8.70. The Labute approximate surface area is 202 Å². The number of nitrogens with zero attached hydrogens (tertiary/aromatic N) is 3. The van der Waals surface area contributed by atoms with Crippen molar-refractivity contribution in [3.63, 3.8) is 0 Å². The van der Waals surface area contributed by atoms with E-state index in [1.807, 2.05) is 37.3 Å². The van der Waals surface area contributed by atoms with Gasteiger partial charge in [-0.05, 0) is 68.6 Å². The number of piperidine rings is 1. The summed E-state index contributed by atoms with van der Waals surface area (Å²) in [6, 6.07) is 15.9. The van der Waals surface area contributed by atoms with Crippen LogP contribution < -0.4 is 15.5 Å². The second kappa shape index (κ2) is 10.9. The summed E-state index contributed by atoms with van der Waals surface area (Å²) >= 11 is 0. The molecule has 0 aliphatic carbocycles. The maximum Gasteiger partial charge on any atom is 0.416 e. The van der Waals surface area contributed by atoms with Crippen LogP contribution in [0.2, 0.25) is 0 Å². The zero-order valence-corrected chi connectivity index (χ0v) is 19.4. The Morgan fingerprint density at radius 1 is 1.11 bits per heavy atom. The van der Waals surface area contributed by atoms with Gasteiger partial charge in [0.05, 0.1) is 11.6 Å². The third-order valence-corrected chi connectivity index (χ3v) is 6.14. The monoisotopic (exact) mass is 483 g/mol. The number of aromatic nitrogens is 2. The van der Waals surface area contributed by atoms with E-state index in [2.05, 4.69) is 20.6 Å². The van der Waals surface area contributed by atoms with Crippen LogP contribution in [0.4, 0.5) is 24.9 Å². The fraction of sp³-hybridized carbons (Fsp3) is 0.346. The molecule has 1 aliphatic heterocycles. The molecule has 0 unspecified atom stereocenters. The molecular weight excluding hydrogens is 455 g/mol. The maximum atomic E-state index is 13.5. The topological polar surface area (TPSA) is 70.2 Å². The molecule has 3 aromatic rings. The van der Waals surface area contributed by atoms with Gasteiger partial charge in [0, 0.05) is 18.3 Å². The van der Waals surface area contributed by atoms with E-state index in [-0.39, 0.29) is 17.5 Å². The molecule has 2 N–H and O–H groups in total. The molecule has 1 amide bonds. The normalized spacial score (nSPS) is 15.4. The lowest BCUT2D eigenvalue weighted by Crippen LogP contribution is -2.40. The quantitative estimate of drug-likeness (QED) is 0.476. The third-order valence-electron chi connectivity index (χ3n) is 6.14. The van der Waals surface area contributed by atoms with Crippen LogP contribution in [0, 0.1) is 5.92 Å². The molecule has 1 aromatic heterocycles. The number of nitrogens with one attached hydrogen (secondary N) is 2. The van der Waals surface area contributed by atoms with Crippen LogP contribution in [0.25, 0.3) is 0 Å². The van der Waals surface area contributed by atoms with Crippen molar-refractivity contribution >= 4 is 17.7 Å². The van der Waals surface area contributed by atoms with Gasteiger partial charge in [-0.25, -0.2) is 4.98 Å². The molecule has 1 fully saturated rings. The average Bonchev–Trinajstić information content (AvgIpc) is 2.88. The molecule has 1 aliphatic rings. The molecule has 184 valence electrons. The first kappa shape index (κ1) is 24.7. The number of anilines is 2. The summed E-state index contributed by atoms with van der Waals surface area (Å²) in [7, 11) is 0. The van der Waals surface area contributed by atoms with Crippen molar-refractivity contribution in [2.75, 3.05) is 29.9 Å². The van der Waals surface area contributed by atoms with Gasteiger partial charge >= 0.3 is 6.18 Å². The highest BCUT2D eigenvalue weighted by Gasteiger charge is 2.32. The van der Waals surface area contributed by atoms with Crippen molar-refractivity contribution in [1.82, 2.24) is 15.3 Å². The van der Waals surface area contributed by atoms with Crippen LogP contribution in [0.1, 0.15) is 47.3 Å². The predicted octanol–water partition coefficient (Wildman–Crippen LogP) is 5.31. The summed E-state index contributed by atoms with van der Waals surface area (Å²) < 4.78 is 39.8. The molecule has 35 heavy (non-hydrogen) atoms. The number of benzene rings is 2. The van der Waals surface area contributed by atoms with Crippen molar-refractivity contribution in [1.29, 1.82) is 0 Å². The fourth-order valence-electron chi connectivity index (χ4n) is 4.18. The molecular formula is C26H28F3N5O. The van der Waals surface area contributed by atoms with Gasteiger partial charge < -0.3 is 10.6 Å². The smallest absolute Gasteiger partial charge is 0.348 e. The van der Waals surface area contributed by atoms with E-state index in [1.165, 1.54) is 17.0 Å². The molecule has 9 heteroatoms. The van der Waals surface area contributed by atoms with Crippen LogP contribution in [0.5, 0.6) is 0 Å². The second-order valence-corrected chi connectivity index (χ2v) is 8.70. The van der Waals surface area contributed by atoms with Gasteiger partial charge in [-0.3, -0.25) is 9.69 Å². The average molecular weight is 484 g/mol. The summed E-state index contributed by atoms with van der Waals surface area (Å²) in [5, 5.41) is 6.54. The minimum Gasteiger partial charge on any atom is -0.348 e. The standard InChI is InChI=1S/C26H28F3N5O/c1-18(20-6-3-2-4-7-20)32-25-31-15-12-23(33-25)34(17-19-10-13-30-14-11-19)24(35)21-8-5-9-22(16-21)26(27,28)29/h2-9,12,15-16,18-19,30H,10-11,13-14,17H2,1H3,(H,31,32,33)/t18-/m0/s1. The van der Waals surface area contributed by atoms with Crippen molar-refractivity contribution in [3.05, 3.63) is 83.6 Å². The SMILES string of the molecule is C[C@H](Nc1nccc(N(CC2CCNCC2)C(=O)c2cccc(C(F)(F)F)c2)n1)c1ccccc1. The van der Waals surface area contributed by atoms with Gasteiger partial charge in [0.1, 0.15) is 5.82 Å². The zero-order valence-electron chi connectivity index (χ0n) is 19.4. The molecule has 2 heterocycles. The van der Waals surface area contributed by atoms with Crippen molar-refractivity contribution in [2.24, 2.45) is 5.92 Å². The van der Waals surface area contributed by atoms with E-state index in [1.54, 1.807) is 12.3 Å². The first-order valence-electron chi connectivity index (χ1n) is 11.7. The minimum atomic E-state index is -4.53. The van der Waals surface area contributed by atoms with Gasteiger partial charge in [-0.2, -0.15) is 18.2 Å². The van der Waals surface area contributed by atoms with E-state index in [9.17, 15) is 18.0 Å². The Hall–Kier alpha value is -3.46. The molecule has 1 atom stereocenters. The van der Waals surface area contributed by atoms with E-state index in [4.69, 9.17) is 0 Å². The Morgan fingerprint density at radius 3 is 2.57 bits per heavy atom. The Kier molecular flexibility index (Phi) is 7.65. The lowest BCUT2D eigenvalue weighted by Gasteiger charge is -2.30. The molecule has 0 radical (unpaired) electrons. The van der Waals surface area contributed by atoms with Crippen LogP contribution in [-0.4, -0.2) is 35.5 Å². The highest BCUT2D eigenvalue weighted by Crippen LogP contribution is 2.30. The highest BCUT2D eigenvalue weighted by molar-refractivity contribution is 6.05. The number of rotatable bonds is 7. The number of halogens is 3. The summed E-state index contributed by atoms with van der Waals surface area (Å²) in [6.45, 7) is 4.01. The van der Waals surface area contributed by atoms with Gasteiger partial charge in [0.25, 0.3) is 5.91 Å².